The lowest BCUT2D eigenvalue weighted by atomic mass is 9.98. The standard InChI is InChI=1S/C19H15N3O/c20-18-17-15(10-22-11-16(17)23-19(18)21)14-8-4-7-13(9-14)12-5-2-1-3-6-12/h1-11H,20-21H2. The van der Waals surface area contributed by atoms with Crippen molar-refractivity contribution in [3.05, 3.63) is 67.0 Å². The van der Waals surface area contributed by atoms with Crippen molar-refractivity contribution in [1.29, 1.82) is 0 Å². The Balaban J connectivity index is 1.92. The van der Waals surface area contributed by atoms with Gasteiger partial charge < -0.3 is 15.9 Å². The van der Waals surface area contributed by atoms with E-state index < -0.39 is 0 Å². The van der Waals surface area contributed by atoms with E-state index in [0.717, 1.165) is 27.6 Å². The second-order valence-corrected chi connectivity index (χ2v) is 5.39. The Morgan fingerprint density at radius 3 is 2.35 bits per heavy atom. The van der Waals surface area contributed by atoms with E-state index in [1.54, 1.807) is 12.4 Å². The van der Waals surface area contributed by atoms with Gasteiger partial charge >= 0.3 is 0 Å². The molecule has 2 aromatic heterocycles. The molecule has 112 valence electrons. The van der Waals surface area contributed by atoms with Gasteiger partial charge in [-0.15, -0.1) is 0 Å². The average Bonchev–Trinajstić information content (AvgIpc) is 2.90. The van der Waals surface area contributed by atoms with Crippen molar-refractivity contribution >= 4 is 22.5 Å². The summed E-state index contributed by atoms with van der Waals surface area (Å²) in [5, 5.41) is 0.808. The summed E-state index contributed by atoms with van der Waals surface area (Å²) in [5.41, 5.74) is 17.2. The molecule has 2 aromatic carbocycles. The largest absolute Gasteiger partial charge is 0.437 e. The fraction of sp³-hybridized carbons (Fsp3) is 0. The zero-order chi connectivity index (χ0) is 15.8. The monoisotopic (exact) mass is 301 g/mol. The second kappa shape index (κ2) is 5.18. The molecule has 0 saturated heterocycles. The topological polar surface area (TPSA) is 78.1 Å². The van der Waals surface area contributed by atoms with E-state index in [1.807, 2.05) is 30.3 Å². The van der Waals surface area contributed by atoms with Crippen LogP contribution in [0.25, 0.3) is 33.2 Å². The molecule has 0 unspecified atom stereocenters. The highest BCUT2D eigenvalue weighted by Crippen LogP contribution is 2.38. The molecular weight excluding hydrogens is 286 g/mol. The Kier molecular flexibility index (Phi) is 3.01. The summed E-state index contributed by atoms with van der Waals surface area (Å²) in [6.45, 7) is 0. The number of nitrogens with two attached hydrogens (primary N) is 2. The van der Waals surface area contributed by atoms with Crippen LogP contribution in [0.5, 0.6) is 0 Å². The van der Waals surface area contributed by atoms with Crippen molar-refractivity contribution in [2.24, 2.45) is 0 Å². The highest BCUT2D eigenvalue weighted by atomic mass is 16.3. The zero-order valence-corrected chi connectivity index (χ0v) is 12.4. The number of anilines is 2. The van der Waals surface area contributed by atoms with Crippen LogP contribution >= 0.6 is 0 Å². The molecule has 4 N–H and O–H groups in total. The van der Waals surface area contributed by atoms with E-state index >= 15 is 0 Å². The third kappa shape index (κ3) is 2.21. The molecule has 4 aromatic rings. The van der Waals surface area contributed by atoms with Gasteiger partial charge in [0.05, 0.1) is 11.6 Å². The summed E-state index contributed by atoms with van der Waals surface area (Å²) in [6.07, 6.45) is 3.42. The van der Waals surface area contributed by atoms with Crippen LogP contribution in [-0.4, -0.2) is 4.98 Å². The van der Waals surface area contributed by atoms with Crippen LogP contribution in [0.3, 0.4) is 0 Å². The maximum Gasteiger partial charge on any atom is 0.214 e. The third-order valence-electron chi connectivity index (χ3n) is 3.95. The van der Waals surface area contributed by atoms with Crippen molar-refractivity contribution < 1.29 is 4.42 Å². The number of furan rings is 1. The molecule has 0 bridgehead atoms. The number of nitrogens with zero attached hydrogens (tertiary/aromatic N) is 1. The Labute approximate surface area is 133 Å². The van der Waals surface area contributed by atoms with Gasteiger partial charge in [-0.2, -0.15) is 0 Å². The van der Waals surface area contributed by atoms with Crippen LogP contribution in [0, 0.1) is 0 Å². The number of fused-ring (bicyclic) bond motifs is 1. The van der Waals surface area contributed by atoms with Crippen molar-refractivity contribution in [2.45, 2.75) is 0 Å². The van der Waals surface area contributed by atoms with Crippen molar-refractivity contribution in [2.75, 3.05) is 11.5 Å². The molecule has 0 saturated carbocycles. The Bertz CT molecular complexity index is 990. The normalized spacial score (nSPS) is 11.0. The van der Waals surface area contributed by atoms with Crippen LogP contribution in [0.4, 0.5) is 11.6 Å². The van der Waals surface area contributed by atoms with E-state index in [9.17, 15) is 0 Å². The summed E-state index contributed by atoms with van der Waals surface area (Å²) in [7, 11) is 0. The smallest absolute Gasteiger partial charge is 0.214 e. The average molecular weight is 301 g/mol. The number of aromatic nitrogens is 1. The first-order valence-electron chi connectivity index (χ1n) is 7.31. The molecule has 4 heteroatoms. The molecule has 0 spiro atoms. The first kappa shape index (κ1) is 13.4. The molecule has 0 atom stereocenters. The molecule has 0 aliphatic heterocycles. The van der Waals surface area contributed by atoms with Gasteiger partial charge in [0.25, 0.3) is 0 Å². The van der Waals surface area contributed by atoms with E-state index in [1.165, 1.54) is 0 Å². The van der Waals surface area contributed by atoms with Crippen molar-refractivity contribution in [3.63, 3.8) is 0 Å². The van der Waals surface area contributed by atoms with Crippen LogP contribution in [0.2, 0.25) is 0 Å². The maximum atomic E-state index is 6.08. The van der Waals surface area contributed by atoms with Crippen LogP contribution in [0.1, 0.15) is 0 Å². The Morgan fingerprint density at radius 1 is 0.783 bits per heavy atom. The van der Waals surface area contributed by atoms with Crippen LogP contribution in [-0.2, 0) is 0 Å². The number of nitrogen functional groups attached to an aromatic ring is 2. The predicted molar refractivity (Wildman–Crippen MR) is 93.7 cm³/mol. The van der Waals surface area contributed by atoms with Crippen LogP contribution in [0.15, 0.2) is 71.4 Å². The van der Waals surface area contributed by atoms with Gasteiger partial charge in [0.1, 0.15) is 5.69 Å². The molecule has 0 aliphatic rings. The fourth-order valence-electron chi connectivity index (χ4n) is 2.81. The maximum absolute atomic E-state index is 6.08. The van der Waals surface area contributed by atoms with Gasteiger partial charge in [0.15, 0.2) is 5.58 Å². The summed E-state index contributed by atoms with van der Waals surface area (Å²) in [6, 6.07) is 18.5. The van der Waals surface area contributed by atoms with E-state index in [2.05, 4.69) is 29.2 Å². The molecule has 2 heterocycles. The van der Waals surface area contributed by atoms with Gasteiger partial charge in [0.2, 0.25) is 5.88 Å². The fourth-order valence-corrected chi connectivity index (χ4v) is 2.81. The van der Waals surface area contributed by atoms with E-state index in [4.69, 9.17) is 15.9 Å². The highest BCUT2D eigenvalue weighted by Gasteiger charge is 2.14. The number of pyridine rings is 1. The quantitative estimate of drug-likeness (QED) is 0.577. The molecule has 0 aliphatic carbocycles. The zero-order valence-electron chi connectivity index (χ0n) is 12.4. The Hall–Kier alpha value is -3.27. The number of hydrogen-bond acceptors (Lipinski definition) is 4. The summed E-state index contributed by atoms with van der Waals surface area (Å²) < 4.78 is 5.47. The van der Waals surface area contributed by atoms with Gasteiger partial charge in [-0.3, -0.25) is 4.98 Å². The minimum Gasteiger partial charge on any atom is -0.437 e. The summed E-state index contributed by atoms with van der Waals surface area (Å²) >= 11 is 0. The lowest BCUT2D eigenvalue weighted by molar-refractivity contribution is 0.637. The van der Waals surface area contributed by atoms with Crippen LogP contribution < -0.4 is 11.5 Å². The third-order valence-corrected chi connectivity index (χ3v) is 3.95. The number of hydrogen-bond donors (Lipinski definition) is 2. The lowest BCUT2D eigenvalue weighted by Gasteiger charge is -2.07. The highest BCUT2D eigenvalue weighted by molar-refractivity contribution is 6.05. The number of rotatable bonds is 2. The second-order valence-electron chi connectivity index (χ2n) is 5.39. The summed E-state index contributed by atoms with van der Waals surface area (Å²) in [5.74, 6) is 0.230. The summed E-state index contributed by atoms with van der Waals surface area (Å²) in [4.78, 5) is 4.24. The molecule has 23 heavy (non-hydrogen) atoms. The van der Waals surface area contributed by atoms with Crippen molar-refractivity contribution in [3.8, 4) is 22.3 Å². The predicted octanol–water partition coefficient (Wildman–Crippen LogP) is 4.33. The minimum absolute atomic E-state index is 0.230. The molecule has 4 nitrogen and oxygen atoms in total. The molecule has 0 fully saturated rings. The molecule has 0 radical (unpaired) electrons. The molecular formula is C19H15N3O. The van der Waals surface area contributed by atoms with Gasteiger partial charge in [-0.25, -0.2) is 0 Å². The lowest BCUT2D eigenvalue weighted by Crippen LogP contribution is -1.91. The first-order chi connectivity index (χ1) is 11.2. The van der Waals surface area contributed by atoms with E-state index in [-0.39, 0.29) is 5.88 Å². The SMILES string of the molecule is Nc1oc2cncc(-c3cccc(-c4ccccc4)c3)c2c1N. The van der Waals surface area contributed by atoms with Gasteiger partial charge in [-0.1, -0.05) is 48.5 Å². The van der Waals surface area contributed by atoms with E-state index in [0.29, 0.717) is 11.3 Å². The first-order valence-corrected chi connectivity index (χ1v) is 7.31. The number of benzene rings is 2. The molecule has 4 rings (SSSR count). The molecule has 0 amide bonds. The van der Waals surface area contributed by atoms with Crippen molar-refractivity contribution in [1.82, 2.24) is 4.98 Å². The van der Waals surface area contributed by atoms with Gasteiger partial charge in [-0.05, 0) is 22.8 Å². The van der Waals surface area contributed by atoms with Gasteiger partial charge in [0, 0.05) is 11.8 Å². The minimum atomic E-state index is 0.230. The Morgan fingerprint density at radius 2 is 1.52 bits per heavy atom.